The van der Waals surface area contributed by atoms with Gasteiger partial charge >= 0.3 is 0 Å². The third-order valence-electron chi connectivity index (χ3n) is 2.50. The van der Waals surface area contributed by atoms with E-state index in [2.05, 4.69) is 5.32 Å². The molecule has 3 heteroatoms. The van der Waals surface area contributed by atoms with Gasteiger partial charge in [0, 0.05) is 12.1 Å². The number of benzene rings is 1. The molecule has 1 fully saturated rings. The van der Waals surface area contributed by atoms with E-state index < -0.39 is 0 Å². The Morgan fingerprint density at radius 2 is 2.12 bits per heavy atom. The van der Waals surface area contributed by atoms with E-state index in [9.17, 15) is 4.79 Å². The summed E-state index contributed by atoms with van der Waals surface area (Å²) < 4.78 is 5.35. The van der Waals surface area contributed by atoms with Crippen molar-refractivity contribution in [2.45, 2.75) is 13.3 Å². The average molecular weight is 217 g/mol. The minimum atomic E-state index is 0.0499. The largest absolute Gasteiger partial charge is 0.494 e. The number of carbonyl (C=O) groups excluding carboxylic acids is 1. The highest BCUT2D eigenvalue weighted by Crippen LogP contribution is 2.17. The molecule has 1 N–H and O–H groups in total. The molecule has 3 nitrogen and oxygen atoms in total. The van der Waals surface area contributed by atoms with Gasteiger partial charge in [-0.25, -0.2) is 0 Å². The van der Waals surface area contributed by atoms with Crippen LogP contribution in [0.4, 0.5) is 0 Å². The Kier molecular flexibility index (Phi) is 3.25. The van der Waals surface area contributed by atoms with E-state index in [1.807, 2.05) is 37.3 Å². The van der Waals surface area contributed by atoms with Gasteiger partial charge < -0.3 is 10.1 Å². The van der Waals surface area contributed by atoms with Gasteiger partial charge in [0.25, 0.3) is 0 Å². The molecule has 84 valence electrons. The molecule has 1 aliphatic rings. The minimum absolute atomic E-state index is 0.0499. The number of rotatable bonds is 3. The van der Waals surface area contributed by atoms with Crippen molar-refractivity contribution in [2.75, 3.05) is 13.2 Å². The van der Waals surface area contributed by atoms with Crippen LogP contribution < -0.4 is 10.1 Å². The van der Waals surface area contributed by atoms with Gasteiger partial charge in [-0.2, -0.15) is 0 Å². The molecule has 1 aliphatic heterocycles. The molecular weight excluding hydrogens is 202 g/mol. The molecule has 1 saturated heterocycles. The molecule has 1 aromatic carbocycles. The second-order valence-electron chi connectivity index (χ2n) is 3.68. The molecule has 2 rings (SSSR count). The minimum Gasteiger partial charge on any atom is -0.494 e. The highest BCUT2D eigenvalue weighted by molar-refractivity contribution is 5.99. The third-order valence-corrected chi connectivity index (χ3v) is 2.50. The number of hydrogen-bond acceptors (Lipinski definition) is 2. The van der Waals surface area contributed by atoms with Crippen LogP contribution in [0.1, 0.15) is 18.9 Å². The standard InChI is InChI=1S/C13H15NO2/c1-2-16-12-5-3-10(4-6-12)9-11-7-8-14-13(11)15/h3-6,9H,2,7-8H2,1H3,(H,14,15)/b11-9+. The number of nitrogens with one attached hydrogen (secondary N) is 1. The fraction of sp³-hybridized carbons (Fsp3) is 0.308. The molecular formula is C13H15NO2. The molecule has 0 unspecified atom stereocenters. The first kappa shape index (κ1) is 10.7. The van der Waals surface area contributed by atoms with Crippen LogP contribution in [-0.2, 0) is 4.79 Å². The van der Waals surface area contributed by atoms with Crippen molar-refractivity contribution in [3.05, 3.63) is 35.4 Å². The third kappa shape index (κ3) is 2.42. The predicted octanol–water partition coefficient (Wildman–Crippen LogP) is 1.99. The molecule has 0 radical (unpaired) electrons. The SMILES string of the molecule is CCOc1ccc(/C=C2\CCNC2=O)cc1. The van der Waals surface area contributed by atoms with E-state index in [-0.39, 0.29) is 5.91 Å². The Morgan fingerprint density at radius 3 is 2.69 bits per heavy atom. The molecule has 0 bridgehead atoms. The van der Waals surface area contributed by atoms with Crippen LogP contribution in [-0.4, -0.2) is 19.1 Å². The first-order valence-electron chi connectivity index (χ1n) is 5.51. The summed E-state index contributed by atoms with van der Waals surface area (Å²) in [7, 11) is 0. The van der Waals surface area contributed by atoms with Crippen molar-refractivity contribution in [3.8, 4) is 5.75 Å². The Labute approximate surface area is 95.1 Å². The number of carbonyl (C=O) groups is 1. The zero-order valence-electron chi connectivity index (χ0n) is 9.32. The summed E-state index contributed by atoms with van der Waals surface area (Å²) in [6.45, 7) is 3.38. The summed E-state index contributed by atoms with van der Waals surface area (Å²) in [5.41, 5.74) is 1.89. The van der Waals surface area contributed by atoms with Gasteiger partial charge in [0.15, 0.2) is 0 Å². The van der Waals surface area contributed by atoms with E-state index in [1.54, 1.807) is 0 Å². The van der Waals surface area contributed by atoms with Crippen LogP contribution in [0.2, 0.25) is 0 Å². The average Bonchev–Trinajstić information content (AvgIpc) is 2.68. The Balaban J connectivity index is 2.13. The fourth-order valence-corrected chi connectivity index (χ4v) is 1.70. The highest BCUT2D eigenvalue weighted by Gasteiger charge is 2.15. The second-order valence-corrected chi connectivity index (χ2v) is 3.68. The maximum atomic E-state index is 11.3. The summed E-state index contributed by atoms with van der Waals surface area (Å²) in [5.74, 6) is 0.911. The van der Waals surface area contributed by atoms with E-state index >= 15 is 0 Å². The van der Waals surface area contributed by atoms with Gasteiger partial charge in [-0.3, -0.25) is 4.79 Å². The Morgan fingerprint density at radius 1 is 1.38 bits per heavy atom. The van der Waals surface area contributed by atoms with E-state index in [4.69, 9.17) is 4.74 Å². The second kappa shape index (κ2) is 4.84. The topological polar surface area (TPSA) is 38.3 Å². The Hall–Kier alpha value is -1.77. The molecule has 0 saturated carbocycles. The lowest BCUT2D eigenvalue weighted by atomic mass is 10.1. The van der Waals surface area contributed by atoms with Gasteiger partial charge in [-0.15, -0.1) is 0 Å². The highest BCUT2D eigenvalue weighted by atomic mass is 16.5. The first-order valence-corrected chi connectivity index (χ1v) is 5.51. The van der Waals surface area contributed by atoms with Crippen LogP contribution in [0.15, 0.2) is 29.8 Å². The normalized spacial score (nSPS) is 17.6. The quantitative estimate of drug-likeness (QED) is 0.786. The van der Waals surface area contributed by atoms with Crippen LogP contribution in [0.25, 0.3) is 6.08 Å². The van der Waals surface area contributed by atoms with E-state index in [0.717, 1.165) is 29.9 Å². The molecule has 16 heavy (non-hydrogen) atoms. The lowest BCUT2D eigenvalue weighted by molar-refractivity contribution is -0.116. The fourth-order valence-electron chi connectivity index (χ4n) is 1.70. The van der Waals surface area contributed by atoms with E-state index in [1.165, 1.54) is 0 Å². The zero-order valence-corrected chi connectivity index (χ0v) is 9.32. The maximum absolute atomic E-state index is 11.3. The molecule has 1 heterocycles. The molecule has 1 aromatic rings. The number of hydrogen-bond donors (Lipinski definition) is 1. The van der Waals surface area contributed by atoms with Gasteiger partial charge in [0.1, 0.15) is 5.75 Å². The predicted molar refractivity (Wildman–Crippen MR) is 63.2 cm³/mol. The van der Waals surface area contributed by atoms with Crippen molar-refractivity contribution in [2.24, 2.45) is 0 Å². The molecule has 0 aromatic heterocycles. The molecule has 1 amide bonds. The molecule has 0 aliphatic carbocycles. The van der Waals surface area contributed by atoms with Gasteiger partial charge in [-0.1, -0.05) is 12.1 Å². The van der Waals surface area contributed by atoms with Gasteiger partial charge in [-0.05, 0) is 37.1 Å². The van der Waals surface area contributed by atoms with Gasteiger partial charge in [0.05, 0.1) is 6.61 Å². The number of ether oxygens (including phenoxy) is 1. The lowest BCUT2D eigenvalue weighted by Gasteiger charge is -2.02. The van der Waals surface area contributed by atoms with Crippen molar-refractivity contribution >= 4 is 12.0 Å². The number of amides is 1. The lowest BCUT2D eigenvalue weighted by Crippen LogP contribution is -2.13. The summed E-state index contributed by atoms with van der Waals surface area (Å²) in [6.07, 6.45) is 2.74. The Bertz CT molecular complexity index is 406. The summed E-state index contributed by atoms with van der Waals surface area (Å²) in [5, 5.41) is 2.79. The molecule has 0 spiro atoms. The van der Waals surface area contributed by atoms with Crippen LogP contribution in [0.3, 0.4) is 0 Å². The van der Waals surface area contributed by atoms with Crippen LogP contribution in [0.5, 0.6) is 5.75 Å². The van der Waals surface area contributed by atoms with Gasteiger partial charge in [0.2, 0.25) is 5.91 Å². The summed E-state index contributed by atoms with van der Waals surface area (Å²) in [4.78, 5) is 11.3. The zero-order chi connectivity index (χ0) is 11.4. The van der Waals surface area contributed by atoms with Crippen molar-refractivity contribution in [1.29, 1.82) is 0 Å². The summed E-state index contributed by atoms with van der Waals surface area (Å²) >= 11 is 0. The van der Waals surface area contributed by atoms with E-state index in [0.29, 0.717) is 6.61 Å². The van der Waals surface area contributed by atoms with Crippen LogP contribution >= 0.6 is 0 Å². The molecule has 0 atom stereocenters. The maximum Gasteiger partial charge on any atom is 0.247 e. The van der Waals surface area contributed by atoms with Crippen molar-refractivity contribution < 1.29 is 9.53 Å². The smallest absolute Gasteiger partial charge is 0.247 e. The van der Waals surface area contributed by atoms with Crippen molar-refractivity contribution in [1.82, 2.24) is 5.32 Å². The summed E-state index contributed by atoms with van der Waals surface area (Å²) in [6, 6.07) is 7.76. The first-order chi connectivity index (χ1) is 7.79. The van der Waals surface area contributed by atoms with Crippen molar-refractivity contribution in [3.63, 3.8) is 0 Å². The monoisotopic (exact) mass is 217 g/mol. The van der Waals surface area contributed by atoms with Crippen LogP contribution in [0, 0.1) is 0 Å².